The van der Waals surface area contributed by atoms with Crippen LogP contribution in [0, 0.1) is 6.92 Å². The molecule has 0 aliphatic rings. The van der Waals surface area contributed by atoms with E-state index in [0.29, 0.717) is 0 Å². The normalized spacial score (nSPS) is 10.3. The number of hydrogen-bond acceptors (Lipinski definition) is 5. The Hall–Kier alpha value is -2.30. The van der Waals surface area contributed by atoms with Crippen LogP contribution in [0.5, 0.6) is 5.75 Å². The fourth-order valence-electron chi connectivity index (χ4n) is 2.10. The molecule has 2 aromatic rings. The summed E-state index contributed by atoms with van der Waals surface area (Å²) in [7, 11) is 3.54. The lowest BCUT2D eigenvalue weighted by Crippen LogP contribution is -2.07. The maximum absolute atomic E-state index is 5.24. The van der Waals surface area contributed by atoms with Crippen LogP contribution < -0.4 is 15.4 Å². The monoisotopic (exact) mass is 286 g/mol. The van der Waals surface area contributed by atoms with Crippen molar-refractivity contribution in [3.63, 3.8) is 0 Å². The number of nitrogens with one attached hydrogen (secondary N) is 2. The van der Waals surface area contributed by atoms with E-state index in [1.807, 2.05) is 38.2 Å². The second-order valence-corrected chi connectivity index (χ2v) is 4.82. The van der Waals surface area contributed by atoms with Crippen molar-refractivity contribution in [1.29, 1.82) is 0 Å². The second-order valence-electron chi connectivity index (χ2n) is 4.82. The zero-order chi connectivity index (χ0) is 15.2. The summed E-state index contributed by atoms with van der Waals surface area (Å²) in [5.41, 5.74) is 1.95. The number of ether oxygens (including phenoxy) is 1. The molecular formula is C16H22N4O. The van der Waals surface area contributed by atoms with Crippen LogP contribution in [0.4, 0.5) is 17.3 Å². The van der Waals surface area contributed by atoms with E-state index in [9.17, 15) is 0 Å². The third-order valence-electron chi connectivity index (χ3n) is 3.24. The van der Waals surface area contributed by atoms with Crippen LogP contribution in [0.25, 0.3) is 0 Å². The predicted octanol–water partition coefficient (Wildman–Crippen LogP) is 3.53. The first-order chi connectivity index (χ1) is 10.2. The van der Waals surface area contributed by atoms with Gasteiger partial charge in [-0.05, 0) is 25.5 Å². The molecule has 2 N–H and O–H groups in total. The van der Waals surface area contributed by atoms with Gasteiger partial charge < -0.3 is 15.4 Å². The molecule has 0 fully saturated rings. The van der Waals surface area contributed by atoms with Gasteiger partial charge in [-0.15, -0.1) is 0 Å². The molecule has 0 saturated carbocycles. The second kappa shape index (κ2) is 6.92. The number of aromatic nitrogens is 2. The molecule has 0 saturated heterocycles. The van der Waals surface area contributed by atoms with Gasteiger partial charge >= 0.3 is 0 Å². The maximum Gasteiger partial charge on any atom is 0.139 e. The molecule has 2 rings (SSSR count). The number of rotatable bonds is 6. The van der Waals surface area contributed by atoms with E-state index >= 15 is 0 Å². The summed E-state index contributed by atoms with van der Waals surface area (Å²) >= 11 is 0. The van der Waals surface area contributed by atoms with Gasteiger partial charge in [-0.2, -0.15) is 0 Å². The quantitative estimate of drug-likeness (QED) is 0.850. The first-order valence-electron chi connectivity index (χ1n) is 7.14. The standard InChI is InChI=1S/C16H22N4O/c1-5-7-14-19-15(17-3)11(2)16(20-14)18-12-8-6-9-13(10-12)21-4/h6,8-10H,5,7H2,1-4H3,(H2,17,18,19,20). The largest absolute Gasteiger partial charge is 0.497 e. The van der Waals surface area contributed by atoms with E-state index < -0.39 is 0 Å². The Morgan fingerprint density at radius 3 is 2.62 bits per heavy atom. The van der Waals surface area contributed by atoms with Crippen molar-refractivity contribution < 1.29 is 4.74 Å². The Balaban J connectivity index is 2.35. The van der Waals surface area contributed by atoms with Gasteiger partial charge in [-0.25, -0.2) is 9.97 Å². The van der Waals surface area contributed by atoms with Gasteiger partial charge in [0.2, 0.25) is 0 Å². The fourth-order valence-corrected chi connectivity index (χ4v) is 2.10. The summed E-state index contributed by atoms with van der Waals surface area (Å²) in [5, 5.41) is 6.48. The topological polar surface area (TPSA) is 59.1 Å². The molecule has 21 heavy (non-hydrogen) atoms. The Bertz CT molecular complexity index is 613. The molecule has 0 atom stereocenters. The molecule has 5 heteroatoms. The molecule has 0 bridgehead atoms. The van der Waals surface area contributed by atoms with Crippen LogP contribution in [0.3, 0.4) is 0 Å². The van der Waals surface area contributed by atoms with Gasteiger partial charge in [0, 0.05) is 30.8 Å². The minimum absolute atomic E-state index is 0.814. The summed E-state index contributed by atoms with van der Waals surface area (Å²) < 4.78 is 5.24. The fraction of sp³-hybridized carbons (Fsp3) is 0.375. The SMILES string of the molecule is CCCc1nc(NC)c(C)c(Nc2cccc(OC)c2)n1. The summed E-state index contributed by atoms with van der Waals surface area (Å²) in [6, 6.07) is 7.80. The van der Waals surface area contributed by atoms with Gasteiger partial charge in [0.1, 0.15) is 23.2 Å². The van der Waals surface area contributed by atoms with Crippen LogP contribution in [-0.2, 0) is 6.42 Å². The molecule has 0 aliphatic heterocycles. The Morgan fingerprint density at radius 1 is 1.19 bits per heavy atom. The molecule has 0 amide bonds. The zero-order valence-electron chi connectivity index (χ0n) is 13.0. The van der Waals surface area contributed by atoms with E-state index in [-0.39, 0.29) is 0 Å². The van der Waals surface area contributed by atoms with Crippen LogP contribution >= 0.6 is 0 Å². The van der Waals surface area contributed by atoms with Crippen molar-refractivity contribution in [3.05, 3.63) is 35.7 Å². The predicted molar refractivity (Wildman–Crippen MR) is 86.6 cm³/mol. The average Bonchev–Trinajstić information content (AvgIpc) is 2.50. The molecule has 1 aromatic carbocycles. The molecular weight excluding hydrogens is 264 g/mol. The first-order valence-corrected chi connectivity index (χ1v) is 7.14. The lowest BCUT2D eigenvalue weighted by Gasteiger charge is -2.14. The Morgan fingerprint density at radius 2 is 1.95 bits per heavy atom. The molecule has 1 aromatic heterocycles. The van der Waals surface area contributed by atoms with E-state index in [1.54, 1.807) is 7.11 Å². The van der Waals surface area contributed by atoms with Crippen LogP contribution in [0.15, 0.2) is 24.3 Å². The van der Waals surface area contributed by atoms with Crippen molar-refractivity contribution in [1.82, 2.24) is 9.97 Å². The van der Waals surface area contributed by atoms with Crippen molar-refractivity contribution in [3.8, 4) is 5.75 Å². The van der Waals surface area contributed by atoms with Crippen molar-refractivity contribution in [2.75, 3.05) is 24.8 Å². The lowest BCUT2D eigenvalue weighted by molar-refractivity contribution is 0.415. The summed E-state index contributed by atoms with van der Waals surface area (Å²) in [5.74, 6) is 3.34. The molecule has 0 aliphatic carbocycles. The van der Waals surface area contributed by atoms with Gasteiger partial charge in [0.25, 0.3) is 0 Å². The highest BCUT2D eigenvalue weighted by Crippen LogP contribution is 2.25. The number of aryl methyl sites for hydroxylation is 1. The summed E-state index contributed by atoms with van der Waals surface area (Å²) in [6.07, 6.45) is 1.88. The lowest BCUT2D eigenvalue weighted by atomic mass is 10.2. The Labute approximate surface area is 125 Å². The van der Waals surface area contributed by atoms with Crippen molar-refractivity contribution in [2.24, 2.45) is 0 Å². The number of methoxy groups -OCH3 is 1. The van der Waals surface area contributed by atoms with E-state index in [0.717, 1.165) is 47.3 Å². The Kier molecular flexibility index (Phi) is 4.98. The number of anilines is 3. The zero-order valence-corrected chi connectivity index (χ0v) is 13.0. The van der Waals surface area contributed by atoms with Crippen LogP contribution in [0.2, 0.25) is 0 Å². The van der Waals surface area contributed by atoms with E-state index in [4.69, 9.17) is 4.74 Å². The third kappa shape index (κ3) is 3.62. The molecule has 0 radical (unpaired) electrons. The van der Waals surface area contributed by atoms with Crippen molar-refractivity contribution >= 4 is 17.3 Å². The number of benzene rings is 1. The molecule has 112 valence electrons. The number of nitrogens with zero attached hydrogens (tertiary/aromatic N) is 2. The molecule has 0 spiro atoms. The smallest absolute Gasteiger partial charge is 0.139 e. The highest BCUT2D eigenvalue weighted by molar-refractivity contribution is 5.65. The van der Waals surface area contributed by atoms with Gasteiger partial charge in [-0.1, -0.05) is 13.0 Å². The number of hydrogen-bond donors (Lipinski definition) is 2. The van der Waals surface area contributed by atoms with Gasteiger partial charge in [0.05, 0.1) is 7.11 Å². The maximum atomic E-state index is 5.24. The third-order valence-corrected chi connectivity index (χ3v) is 3.24. The van der Waals surface area contributed by atoms with Crippen LogP contribution in [0.1, 0.15) is 24.7 Å². The molecule has 1 heterocycles. The van der Waals surface area contributed by atoms with E-state index in [2.05, 4.69) is 27.5 Å². The first kappa shape index (κ1) is 15.1. The van der Waals surface area contributed by atoms with Gasteiger partial charge in [0.15, 0.2) is 0 Å². The molecule has 0 unspecified atom stereocenters. The highest BCUT2D eigenvalue weighted by Gasteiger charge is 2.10. The summed E-state index contributed by atoms with van der Waals surface area (Å²) in [4.78, 5) is 9.15. The van der Waals surface area contributed by atoms with Gasteiger partial charge in [-0.3, -0.25) is 0 Å². The summed E-state index contributed by atoms with van der Waals surface area (Å²) in [6.45, 7) is 4.13. The van der Waals surface area contributed by atoms with E-state index in [1.165, 1.54) is 0 Å². The average molecular weight is 286 g/mol. The van der Waals surface area contributed by atoms with Crippen LogP contribution in [-0.4, -0.2) is 24.1 Å². The minimum atomic E-state index is 0.814. The highest BCUT2D eigenvalue weighted by atomic mass is 16.5. The molecule has 5 nitrogen and oxygen atoms in total. The minimum Gasteiger partial charge on any atom is -0.497 e. The van der Waals surface area contributed by atoms with Crippen molar-refractivity contribution in [2.45, 2.75) is 26.7 Å².